The van der Waals surface area contributed by atoms with Gasteiger partial charge in [0.15, 0.2) is 0 Å². The van der Waals surface area contributed by atoms with Crippen molar-refractivity contribution >= 4 is 23.6 Å². The SMILES string of the molecule is C=CCOc1cccc(/C=C2\C(=O)N(c3ccccc3)C(C)=C2C(=O)OC)c1. The van der Waals surface area contributed by atoms with Gasteiger partial charge in [-0.15, -0.1) is 0 Å². The molecule has 1 heterocycles. The van der Waals surface area contributed by atoms with Crippen molar-refractivity contribution in [1.82, 2.24) is 0 Å². The molecule has 1 aliphatic rings. The second-order valence-corrected chi connectivity index (χ2v) is 6.16. The molecule has 2 aromatic rings. The molecule has 1 aliphatic heterocycles. The third-order valence-corrected chi connectivity index (χ3v) is 4.34. The summed E-state index contributed by atoms with van der Waals surface area (Å²) < 4.78 is 10.5. The Morgan fingerprint density at radius 3 is 2.57 bits per heavy atom. The highest BCUT2D eigenvalue weighted by Gasteiger charge is 2.37. The highest BCUT2D eigenvalue weighted by atomic mass is 16.5. The minimum absolute atomic E-state index is 0.258. The van der Waals surface area contributed by atoms with E-state index in [1.165, 1.54) is 12.0 Å². The second kappa shape index (κ2) is 8.39. The summed E-state index contributed by atoms with van der Waals surface area (Å²) in [6.45, 7) is 5.75. The van der Waals surface area contributed by atoms with Crippen LogP contribution >= 0.6 is 0 Å². The van der Waals surface area contributed by atoms with Crippen LogP contribution in [0.15, 0.2) is 84.1 Å². The van der Waals surface area contributed by atoms with Crippen molar-refractivity contribution in [3.05, 3.63) is 89.7 Å². The molecule has 0 radical (unpaired) electrons. The van der Waals surface area contributed by atoms with Crippen LogP contribution in [-0.2, 0) is 14.3 Å². The van der Waals surface area contributed by atoms with Crippen molar-refractivity contribution in [1.29, 1.82) is 0 Å². The summed E-state index contributed by atoms with van der Waals surface area (Å²) in [6, 6.07) is 16.5. The third-order valence-electron chi connectivity index (χ3n) is 4.34. The minimum atomic E-state index is -0.547. The summed E-state index contributed by atoms with van der Waals surface area (Å²) in [5, 5.41) is 0. The number of methoxy groups -OCH3 is 1. The molecule has 0 N–H and O–H groups in total. The average molecular weight is 375 g/mol. The zero-order chi connectivity index (χ0) is 20.1. The summed E-state index contributed by atoms with van der Waals surface area (Å²) >= 11 is 0. The van der Waals surface area contributed by atoms with Gasteiger partial charge >= 0.3 is 5.97 Å². The number of amides is 1. The Balaban J connectivity index is 2.06. The lowest BCUT2D eigenvalue weighted by Gasteiger charge is -2.17. The first kappa shape index (κ1) is 19.2. The number of hydrogen-bond acceptors (Lipinski definition) is 4. The first-order chi connectivity index (χ1) is 13.6. The maximum absolute atomic E-state index is 13.2. The number of nitrogens with zero attached hydrogens (tertiary/aromatic N) is 1. The molecule has 0 fully saturated rings. The third kappa shape index (κ3) is 3.74. The molecular weight excluding hydrogens is 354 g/mol. The number of carbonyl (C=O) groups is 2. The van der Waals surface area contributed by atoms with Crippen LogP contribution in [0.3, 0.4) is 0 Å². The monoisotopic (exact) mass is 375 g/mol. The van der Waals surface area contributed by atoms with Gasteiger partial charge in [-0.1, -0.05) is 43.0 Å². The van der Waals surface area contributed by atoms with Gasteiger partial charge in [0, 0.05) is 11.4 Å². The Kier molecular flexibility index (Phi) is 5.75. The van der Waals surface area contributed by atoms with Crippen LogP contribution in [0, 0.1) is 0 Å². The molecule has 0 bridgehead atoms. The van der Waals surface area contributed by atoms with Crippen LogP contribution in [0.5, 0.6) is 5.75 Å². The van der Waals surface area contributed by atoms with Crippen molar-refractivity contribution < 1.29 is 19.1 Å². The summed E-state index contributed by atoms with van der Waals surface area (Å²) in [7, 11) is 1.31. The van der Waals surface area contributed by atoms with Gasteiger partial charge in [-0.05, 0) is 42.8 Å². The number of allylic oxidation sites excluding steroid dienone is 1. The van der Waals surface area contributed by atoms with Gasteiger partial charge in [-0.25, -0.2) is 4.79 Å². The van der Waals surface area contributed by atoms with Gasteiger partial charge in [0.05, 0.1) is 18.3 Å². The van der Waals surface area contributed by atoms with E-state index in [-0.39, 0.29) is 17.1 Å². The molecular formula is C23H21NO4. The van der Waals surface area contributed by atoms with Gasteiger partial charge in [0.2, 0.25) is 0 Å². The summed E-state index contributed by atoms with van der Waals surface area (Å²) in [6.07, 6.45) is 3.34. The second-order valence-electron chi connectivity index (χ2n) is 6.16. The van der Waals surface area contributed by atoms with Gasteiger partial charge in [-0.2, -0.15) is 0 Å². The Morgan fingerprint density at radius 1 is 1.14 bits per heavy atom. The fourth-order valence-corrected chi connectivity index (χ4v) is 3.08. The first-order valence-corrected chi connectivity index (χ1v) is 8.81. The number of para-hydroxylation sites is 1. The number of esters is 1. The Labute approximate surface area is 164 Å². The van der Waals surface area contributed by atoms with E-state index in [9.17, 15) is 9.59 Å². The maximum Gasteiger partial charge on any atom is 0.340 e. The normalized spacial score (nSPS) is 15.1. The lowest BCUT2D eigenvalue weighted by molar-refractivity contribution is -0.136. The summed E-state index contributed by atoms with van der Waals surface area (Å²) in [4.78, 5) is 27.1. The van der Waals surface area contributed by atoms with Crippen molar-refractivity contribution in [2.24, 2.45) is 0 Å². The number of benzene rings is 2. The van der Waals surface area contributed by atoms with Crippen LogP contribution in [0.2, 0.25) is 0 Å². The zero-order valence-electron chi connectivity index (χ0n) is 15.8. The standard InChI is InChI=1S/C23H21NO4/c1-4-13-28-19-12-8-9-17(14-19)15-20-21(23(26)27-3)16(2)24(22(20)25)18-10-6-5-7-11-18/h4-12,14-15H,1,13H2,2-3H3/b20-15-. The smallest absolute Gasteiger partial charge is 0.340 e. The molecule has 0 unspecified atom stereocenters. The maximum atomic E-state index is 13.2. The number of rotatable bonds is 6. The van der Waals surface area contributed by atoms with E-state index in [1.807, 2.05) is 48.5 Å². The molecule has 0 atom stereocenters. The topological polar surface area (TPSA) is 55.8 Å². The Hall–Kier alpha value is -3.60. The molecule has 0 saturated carbocycles. The summed E-state index contributed by atoms with van der Waals surface area (Å²) in [5.41, 5.74) is 2.52. The highest BCUT2D eigenvalue weighted by molar-refractivity contribution is 6.23. The van der Waals surface area contributed by atoms with Gasteiger partial charge in [0.25, 0.3) is 5.91 Å². The molecule has 2 aromatic carbocycles. The molecule has 5 heteroatoms. The minimum Gasteiger partial charge on any atom is -0.490 e. The Bertz CT molecular complexity index is 973. The van der Waals surface area contributed by atoms with Crippen molar-refractivity contribution in [3.8, 4) is 5.75 Å². The molecule has 5 nitrogen and oxygen atoms in total. The number of anilines is 1. The van der Waals surface area contributed by atoms with Gasteiger partial charge in [-0.3, -0.25) is 9.69 Å². The van der Waals surface area contributed by atoms with Crippen molar-refractivity contribution in [2.75, 3.05) is 18.6 Å². The largest absolute Gasteiger partial charge is 0.490 e. The molecule has 1 amide bonds. The number of carbonyl (C=O) groups excluding carboxylic acids is 2. The molecule has 142 valence electrons. The van der Waals surface area contributed by atoms with Crippen molar-refractivity contribution in [3.63, 3.8) is 0 Å². The molecule has 3 rings (SSSR count). The van der Waals surface area contributed by atoms with E-state index in [1.54, 1.807) is 25.1 Å². The van der Waals surface area contributed by atoms with E-state index in [0.29, 0.717) is 23.7 Å². The highest BCUT2D eigenvalue weighted by Crippen LogP contribution is 2.35. The van der Waals surface area contributed by atoms with Gasteiger partial charge in [0.1, 0.15) is 12.4 Å². The molecule has 28 heavy (non-hydrogen) atoms. The molecule has 0 aliphatic carbocycles. The predicted octanol–water partition coefficient (Wildman–Crippen LogP) is 4.13. The lowest BCUT2D eigenvalue weighted by atomic mass is 10.0. The first-order valence-electron chi connectivity index (χ1n) is 8.81. The van der Waals surface area contributed by atoms with Crippen LogP contribution in [0.25, 0.3) is 6.08 Å². The van der Waals surface area contributed by atoms with Crippen LogP contribution in [0.1, 0.15) is 12.5 Å². The van der Waals surface area contributed by atoms with E-state index in [4.69, 9.17) is 9.47 Å². The van der Waals surface area contributed by atoms with Gasteiger partial charge < -0.3 is 9.47 Å². The van der Waals surface area contributed by atoms with E-state index < -0.39 is 5.97 Å². The van der Waals surface area contributed by atoms with E-state index >= 15 is 0 Å². The fourth-order valence-electron chi connectivity index (χ4n) is 3.08. The average Bonchev–Trinajstić information content (AvgIpc) is 2.96. The van der Waals surface area contributed by atoms with E-state index in [0.717, 1.165) is 5.56 Å². The molecule has 0 spiro atoms. The fraction of sp³-hybridized carbons (Fsp3) is 0.130. The zero-order valence-corrected chi connectivity index (χ0v) is 15.8. The van der Waals surface area contributed by atoms with Crippen LogP contribution in [0.4, 0.5) is 5.69 Å². The Morgan fingerprint density at radius 2 is 1.89 bits per heavy atom. The molecule has 0 aromatic heterocycles. The van der Waals surface area contributed by atoms with Crippen LogP contribution < -0.4 is 9.64 Å². The van der Waals surface area contributed by atoms with Crippen LogP contribution in [-0.4, -0.2) is 25.6 Å². The van der Waals surface area contributed by atoms with E-state index in [2.05, 4.69) is 6.58 Å². The predicted molar refractivity (Wildman–Crippen MR) is 109 cm³/mol. The quantitative estimate of drug-likeness (QED) is 0.433. The number of ether oxygens (including phenoxy) is 2. The summed E-state index contributed by atoms with van der Waals surface area (Å²) in [5.74, 6) is -0.170. The van der Waals surface area contributed by atoms with Crippen molar-refractivity contribution in [2.45, 2.75) is 6.92 Å². The lowest BCUT2D eigenvalue weighted by Crippen LogP contribution is -2.24. The molecule has 0 saturated heterocycles. The number of hydrogen-bond donors (Lipinski definition) is 0.